The SMILES string of the molecule is O=C(Nc1ccc(N2CCc3ccccc3C2)nc1)c1ccc(F)c(F)c1F. The largest absolute Gasteiger partial charge is 0.352 e. The number of halogens is 3. The molecule has 0 atom stereocenters. The first-order valence-electron chi connectivity index (χ1n) is 8.75. The molecule has 0 saturated carbocycles. The minimum absolute atomic E-state index is 0.329. The van der Waals surface area contributed by atoms with Crippen molar-refractivity contribution >= 4 is 17.4 Å². The maximum atomic E-state index is 13.7. The Hall–Kier alpha value is -3.35. The number of fused-ring (bicyclic) bond motifs is 1. The van der Waals surface area contributed by atoms with E-state index >= 15 is 0 Å². The lowest BCUT2D eigenvalue weighted by Crippen LogP contribution is -2.30. The second-order valence-corrected chi connectivity index (χ2v) is 6.52. The number of aromatic nitrogens is 1. The van der Waals surface area contributed by atoms with Gasteiger partial charge in [-0.1, -0.05) is 24.3 Å². The maximum Gasteiger partial charge on any atom is 0.258 e. The third-order valence-corrected chi connectivity index (χ3v) is 4.74. The van der Waals surface area contributed by atoms with Gasteiger partial charge in [-0.3, -0.25) is 4.79 Å². The molecule has 2 aromatic carbocycles. The summed E-state index contributed by atoms with van der Waals surface area (Å²) in [5.74, 6) is -4.66. The highest BCUT2D eigenvalue weighted by Crippen LogP contribution is 2.24. The van der Waals surface area contributed by atoms with E-state index in [4.69, 9.17) is 0 Å². The predicted molar refractivity (Wildman–Crippen MR) is 99.7 cm³/mol. The fourth-order valence-electron chi connectivity index (χ4n) is 3.24. The van der Waals surface area contributed by atoms with Crippen LogP contribution in [0.5, 0.6) is 0 Å². The van der Waals surface area contributed by atoms with Gasteiger partial charge in [-0.15, -0.1) is 0 Å². The third kappa shape index (κ3) is 3.43. The fourth-order valence-corrected chi connectivity index (χ4v) is 3.24. The highest BCUT2D eigenvalue weighted by Gasteiger charge is 2.20. The van der Waals surface area contributed by atoms with Crippen LogP contribution in [0.2, 0.25) is 0 Å². The van der Waals surface area contributed by atoms with Gasteiger partial charge in [0.25, 0.3) is 5.91 Å². The van der Waals surface area contributed by atoms with Crippen molar-refractivity contribution < 1.29 is 18.0 Å². The maximum absolute atomic E-state index is 13.7. The van der Waals surface area contributed by atoms with Crippen LogP contribution in [0, 0.1) is 17.5 Å². The topological polar surface area (TPSA) is 45.2 Å². The second kappa shape index (κ2) is 7.34. The Morgan fingerprint density at radius 1 is 0.964 bits per heavy atom. The van der Waals surface area contributed by atoms with Gasteiger partial charge in [0.2, 0.25) is 0 Å². The number of rotatable bonds is 3. The molecule has 1 aliphatic rings. The van der Waals surface area contributed by atoms with Crippen LogP contribution in [0.4, 0.5) is 24.7 Å². The number of nitrogens with zero attached hydrogens (tertiary/aromatic N) is 2. The minimum atomic E-state index is -1.67. The lowest BCUT2D eigenvalue weighted by atomic mass is 10.00. The average molecular weight is 383 g/mol. The van der Waals surface area contributed by atoms with E-state index in [1.165, 1.54) is 17.3 Å². The summed E-state index contributed by atoms with van der Waals surface area (Å²) >= 11 is 0. The van der Waals surface area contributed by atoms with E-state index in [9.17, 15) is 18.0 Å². The molecule has 1 aliphatic heterocycles. The van der Waals surface area contributed by atoms with E-state index in [0.717, 1.165) is 31.4 Å². The van der Waals surface area contributed by atoms with Crippen LogP contribution in [0.3, 0.4) is 0 Å². The van der Waals surface area contributed by atoms with Gasteiger partial charge in [-0.25, -0.2) is 18.2 Å². The zero-order valence-corrected chi connectivity index (χ0v) is 14.8. The molecule has 0 bridgehead atoms. The number of carbonyl (C=O) groups is 1. The molecule has 0 fully saturated rings. The van der Waals surface area contributed by atoms with Gasteiger partial charge in [0.1, 0.15) is 5.82 Å². The molecule has 1 aromatic heterocycles. The number of benzene rings is 2. The Bertz CT molecular complexity index is 1040. The fraction of sp³-hybridized carbons (Fsp3) is 0.143. The first kappa shape index (κ1) is 18.0. The number of carbonyl (C=O) groups excluding carboxylic acids is 1. The molecule has 1 N–H and O–H groups in total. The van der Waals surface area contributed by atoms with E-state index < -0.39 is 28.9 Å². The molecule has 7 heteroatoms. The molecule has 2 heterocycles. The lowest BCUT2D eigenvalue weighted by Gasteiger charge is -2.29. The van der Waals surface area contributed by atoms with Gasteiger partial charge in [-0.05, 0) is 41.8 Å². The highest BCUT2D eigenvalue weighted by molar-refractivity contribution is 6.04. The van der Waals surface area contributed by atoms with E-state index in [0.29, 0.717) is 11.8 Å². The minimum Gasteiger partial charge on any atom is -0.352 e. The van der Waals surface area contributed by atoms with Crippen LogP contribution >= 0.6 is 0 Å². The number of amides is 1. The van der Waals surface area contributed by atoms with Crippen LogP contribution in [0.15, 0.2) is 54.7 Å². The van der Waals surface area contributed by atoms with Gasteiger partial charge in [0.05, 0.1) is 17.4 Å². The summed E-state index contributed by atoms with van der Waals surface area (Å²) in [6.45, 7) is 1.57. The monoisotopic (exact) mass is 383 g/mol. The normalized spacial score (nSPS) is 13.2. The smallest absolute Gasteiger partial charge is 0.258 e. The highest BCUT2D eigenvalue weighted by atomic mass is 19.2. The summed E-state index contributed by atoms with van der Waals surface area (Å²) < 4.78 is 40.1. The van der Waals surface area contributed by atoms with Crippen molar-refractivity contribution in [2.75, 3.05) is 16.8 Å². The lowest BCUT2D eigenvalue weighted by molar-refractivity contribution is 0.102. The summed E-state index contributed by atoms with van der Waals surface area (Å²) in [5.41, 5.74) is 2.34. The summed E-state index contributed by atoms with van der Waals surface area (Å²) in [7, 11) is 0. The van der Waals surface area contributed by atoms with Crippen molar-refractivity contribution in [3.8, 4) is 0 Å². The van der Waals surface area contributed by atoms with Crippen molar-refractivity contribution in [2.45, 2.75) is 13.0 Å². The third-order valence-electron chi connectivity index (χ3n) is 4.74. The number of anilines is 2. The second-order valence-electron chi connectivity index (χ2n) is 6.52. The average Bonchev–Trinajstić information content (AvgIpc) is 2.72. The van der Waals surface area contributed by atoms with Gasteiger partial charge in [-0.2, -0.15) is 0 Å². The van der Waals surface area contributed by atoms with Crippen LogP contribution in [0.1, 0.15) is 21.5 Å². The van der Waals surface area contributed by atoms with Gasteiger partial charge < -0.3 is 10.2 Å². The molecular weight excluding hydrogens is 367 g/mol. The molecule has 0 spiro atoms. The molecule has 142 valence electrons. The van der Waals surface area contributed by atoms with Crippen molar-refractivity contribution in [1.82, 2.24) is 4.98 Å². The van der Waals surface area contributed by atoms with E-state index in [-0.39, 0.29) is 0 Å². The van der Waals surface area contributed by atoms with E-state index in [2.05, 4.69) is 27.3 Å². The molecule has 4 nitrogen and oxygen atoms in total. The Morgan fingerprint density at radius 3 is 2.50 bits per heavy atom. The molecule has 0 unspecified atom stereocenters. The first-order chi connectivity index (χ1) is 13.5. The van der Waals surface area contributed by atoms with Gasteiger partial charge in [0, 0.05) is 13.1 Å². The molecule has 3 aromatic rings. The number of hydrogen-bond donors (Lipinski definition) is 1. The zero-order valence-electron chi connectivity index (χ0n) is 14.8. The summed E-state index contributed by atoms with van der Waals surface area (Å²) in [4.78, 5) is 18.6. The Balaban J connectivity index is 1.47. The molecular formula is C21H16F3N3O. The van der Waals surface area contributed by atoms with E-state index in [1.807, 2.05) is 12.1 Å². The Kier molecular flexibility index (Phi) is 4.73. The first-order valence-corrected chi connectivity index (χ1v) is 8.75. The number of pyridine rings is 1. The van der Waals surface area contributed by atoms with Gasteiger partial charge >= 0.3 is 0 Å². The number of hydrogen-bond acceptors (Lipinski definition) is 3. The van der Waals surface area contributed by atoms with Crippen LogP contribution in [-0.4, -0.2) is 17.4 Å². The van der Waals surface area contributed by atoms with Crippen molar-refractivity contribution in [1.29, 1.82) is 0 Å². The summed E-state index contributed by atoms with van der Waals surface area (Å²) in [6, 6.07) is 13.2. The van der Waals surface area contributed by atoms with Crippen LogP contribution in [-0.2, 0) is 13.0 Å². The van der Waals surface area contributed by atoms with Crippen molar-refractivity contribution in [2.24, 2.45) is 0 Å². The predicted octanol–water partition coefficient (Wildman–Crippen LogP) is 4.31. The molecule has 28 heavy (non-hydrogen) atoms. The molecule has 0 radical (unpaired) electrons. The van der Waals surface area contributed by atoms with Crippen LogP contribution < -0.4 is 10.2 Å². The number of nitrogens with one attached hydrogen (secondary N) is 1. The molecule has 0 saturated heterocycles. The van der Waals surface area contributed by atoms with Crippen molar-refractivity contribution in [3.63, 3.8) is 0 Å². The molecule has 0 aliphatic carbocycles. The Labute approximate surface area is 159 Å². The molecule has 1 amide bonds. The van der Waals surface area contributed by atoms with Crippen molar-refractivity contribution in [3.05, 3.63) is 88.9 Å². The zero-order chi connectivity index (χ0) is 19.7. The van der Waals surface area contributed by atoms with Crippen LogP contribution in [0.25, 0.3) is 0 Å². The quantitative estimate of drug-likeness (QED) is 0.686. The van der Waals surface area contributed by atoms with E-state index in [1.54, 1.807) is 12.1 Å². The summed E-state index contributed by atoms with van der Waals surface area (Å²) in [6.07, 6.45) is 2.37. The molecule has 4 rings (SSSR count). The Morgan fingerprint density at radius 2 is 1.75 bits per heavy atom. The summed E-state index contributed by atoms with van der Waals surface area (Å²) in [5, 5.41) is 2.44. The standard InChI is InChI=1S/C21H16F3N3O/c22-17-7-6-16(19(23)20(17)24)21(28)26-15-5-8-18(25-11-15)27-10-9-13-3-1-2-4-14(13)12-27/h1-8,11H,9-10,12H2,(H,26,28). The van der Waals surface area contributed by atoms with Gasteiger partial charge in [0.15, 0.2) is 17.5 Å².